The van der Waals surface area contributed by atoms with E-state index in [0.29, 0.717) is 0 Å². The maximum absolute atomic E-state index is 5.90. The Morgan fingerprint density at radius 2 is 1.67 bits per heavy atom. The molecule has 0 amide bonds. The molecule has 0 heterocycles. The van der Waals surface area contributed by atoms with Crippen molar-refractivity contribution in [2.75, 3.05) is 12.0 Å². The minimum absolute atomic E-state index is 0.773. The van der Waals surface area contributed by atoms with Crippen LogP contribution in [0.5, 0.6) is 5.75 Å². The van der Waals surface area contributed by atoms with Gasteiger partial charge in [-0.25, -0.2) is 0 Å². The van der Waals surface area contributed by atoms with E-state index in [1.807, 2.05) is 36.5 Å². The lowest BCUT2D eigenvalue weighted by molar-refractivity contribution is 0.302. The summed E-state index contributed by atoms with van der Waals surface area (Å²) >= 11 is 3.60. The number of nitrogens with one attached hydrogen (secondary N) is 1. The molecule has 0 bridgehead atoms. The summed E-state index contributed by atoms with van der Waals surface area (Å²) in [6.07, 6.45) is 10.9. The van der Waals surface area contributed by atoms with Gasteiger partial charge in [0.1, 0.15) is 5.75 Å². The fourth-order valence-corrected chi connectivity index (χ4v) is 3.28. The van der Waals surface area contributed by atoms with Crippen molar-refractivity contribution in [3.05, 3.63) is 58.1 Å². The molecule has 2 rings (SSSR count). The molecule has 146 valence electrons. The van der Waals surface area contributed by atoms with Gasteiger partial charge in [0.2, 0.25) is 0 Å². The Balaban J connectivity index is 1.71. The molecule has 0 aliphatic rings. The van der Waals surface area contributed by atoms with E-state index in [0.717, 1.165) is 34.5 Å². The molecule has 0 atom stereocenters. The van der Waals surface area contributed by atoms with E-state index >= 15 is 0 Å². The van der Waals surface area contributed by atoms with Crippen molar-refractivity contribution in [3.63, 3.8) is 0 Å². The van der Waals surface area contributed by atoms with Gasteiger partial charge in [0, 0.05) is 0 Å². The summed E-state index contributed by atoms with van der Waals surface area (Å²) in [5.41, 5.74) is 6.28. The lowest BCUT2D eigenvalue weighted by Crippen LogP contribution is -1.98. The topological polar surface area (TPSA) is 33.6 Å². The van der Waals surface area contributed by atoms with Crippen LogP contribution < -0.4 is 10.2 Å². The molecule has 0 aliphatic carbocycles. The number of nitrogens with zero attached hydrogens (tertiary/aromatic N) is 1. The first-order chi connectivity index (χ1) is 13.2. The monoisotopic (exact) mass is 430 g/mol. The minimum atomic E-state index is 0.773. The summed E-state index contributed by atoms with van der Waals surface area (Å²) in [6, 6.07) is 14.2. The molecule has 27 heavy (non-hydrogen) atoms. The van der Waals surface area contributed by atoms with E-state index < -0.39 is 0 Å². The predicted molar refractivity (Wildman–Crippen MR) is 120 cm³/mol. The van der Waals surface area contributed by atoms with Crippen LogP contribution in [-0.2, 0) is 0 Å². The molecule has 3 nitrogen and oxygen atoms in total. The second-order valence-electron chi connectivity index (χ2n) is 6.90. The van der Waals surface area contributed by atoms with Crippen LogP contribution in [0.25, 0.3) is 0 Å². The summed E-state index contributed by atoms with van der Waals surface area (Å²) < 4.78 is 6.86. The summed E-state index contributed by atoms with van der Waals surface area (Å²) in [4.78, 5) is 0. The zero-order chi connectivity index (χ0) is 19.3. The third-order valence-corrected chi connectivity index (χ3v) is 5.04. The molecule has 0 unspecified atom stereocenters. The van der Waals surface area contributed by atoms with Gasteiger partial charge in [-0.3, -0.25) is 5.43 Å². The van der Waals surface area contributed by atoms with Crippen LogP contribution in [0.15, 0.2) is 52.0 Å². The maximum atomic E-state index is 5.90. The van der Waals surface area contributed by atoms with Crippen molar-refractivity contribution in [2.45, 2.75) is 58.8 Å². The van der Waals surface area contributed by atoms with Crippen molar-refractivity contribution >= 4 is 27.8 Å². The van der Waals surface area contributed by atoms with Gasteiger partial charge in [-0.15, -0.1) is 0 Å². The number of anilines is 1. The van der Waals surface area contributed by atoms with E-state index in [4.69, 9.17) is 4.74 Å². The first-order valence-electron chi connectivity index (χ1n) is 9.97. The van der Waals surface area contributed by atoms with Crippen LogP contribution in [0.1, 0.15) is 63.0 Å². The van der Waals surface area contributed by atoms with Crippen LogP contribution in [0.3, 0.4) is 0 Å². The van der Waals surface area contributed by atoms with Gasteiger partial charge in [-0.1, -0.05) is 63.1 Å². The average Bonchev–Trinajstić information content (AvgIpc) is 2.67. The zero-order valence-corrected chi connectivity index (χ0v) is 18.1. The molecule has 0 saturated carbocycles. The largest absolute Gasteiger partial charge is 0.492 e. The van der Waals surface area contributed by atoms with Gasteiger partial charge in [0.15, 0.2) is 0 Å². The molecule has 1 N–H and O–H groups in total. The van der Waals surface area contributed by atoms with Crippen LogP contribution >= 0.6 is 15.9 Å². The standard InChI is InChI=1S/C23H31BrN2O/c1-3-4-5-6-7-8-9-16-27-23-15-12-20(17-22(23)24)18-25-26-21-13-10-19(2)11-14-21/h10-15,17-18,26H,3-9,16H2,1-2H3/b25-18+. The quantitative estimate of drug-likeness (QED) is 0.217. The average molecular weight is 431 g/mol. The summed E-state index contributed by atoms with van der Waals surface area (Å²) in [7, 11) is 0. The highest BCUT2D eigenvalue weighted by atomic mass is 79.9. The number of hydrogen-bond acceptors (Lipinski definition) is 3. The Morgan fingerprint density at radius 1 is 0.963 bits per heavy atom. The Morgan fingerprint density at radius 3 is 2.37 bits per heavy atom. The van der Waals surface area contributed by atoms with Gasteiger partial charge in [-0.2, -0.15) is 5.10 Å². The maximum Gasteiger partial charge on any atom is 0.133 e. The minimum Gasteiger partial charge on any atom is -0.492 e. The first kappa shape index (κ1) is 21.5. The SMILES string of the molecule is CCCCCCCCCOc1ccc(/C=N/Nc2ccc(C)cc2)cc1Br. The fraction of sp³-hybridized carbons (Fsp3) is 0.435. The third kappa shape index (κ3) is 8.61. The van der Waals surface area contributed by atoms with Crippen LogP contribution in [0, 0.1) is 6.92 Å². The first-order valence-corrected chi connectivity index (χ1v) is 10.8. The van der Waals surface area contributed by atoms with Gasteiger partial charge < -0.3 is 4.74 Å². The summed E-state index contributed by atoms with van der Waals surface area (Å²) in [5.74, 6) is 0.893. The molecule has 2 aromatic carbocycles. The van der Waals surface area contributed by atoms with Crippen LogP contribution in [0.4, 0.5) is 5.69 Å². The number of halogens is 1. The van der Waals surface area contributed by atoms with Crippen LogP contribution in [0.2, 0.25) is 0 Å². The molecule has 2 aromatic rings. The number of ether oxygens (including phenoxy) is 1. The Labute approximate surface area is 172 Å². The Hall–Kier alpha value is -1.81. The van der Waals surface area contributed by atoms with Gasteiger partial charge in [0.25, 0.3) is 0 Å². The normalized spacial score (nSPS) is 11.1. The zero-order valence-electron chi connectivity index (χ0n) is 16.5. The summed E-state index contributed by atoms with van der Waals surface area (Å²) in [5, 5.41) is 4.29. The molecular formula is C23H31BrN2O. The number of unbranched alkanes of at least 4 members (excludes halogenated alkanes) is 6. The second-order valence-corrected chi connectivity index (χ2v) is 7.75. The molecule has 0 aliphatic heterocycles. The van der Waals surface area contributed by atoms with Crippen molar-refractivity contribution < 1.29 is 4.74 Å². The van der Waals surface area contributed by atoms with Gasteiger partial charge in [-0.05, 0) is 65.2 Å². The molecule has 0 saturated heterocycles. The number of benzene rings is 2. The van der Waals surface area contributed by atoms with E-state index in [1.165, 1.54) is 44.1 Å². The molecule has 0 radical (unpaired) electrons. The van der Waals surface area contributed by atoms with Gasteiger partial charge in [0.05, 0.1) is 23.0 Å². The Kier molecular flexibility index (Phi) is 9.99. The fourth-order valence-electron chi connectivity index (χ4n) is 2.77. The number of rotatable bonds is 12. The number of aryl methyl sites for hydroxylation is 1. The van der Waals surface area contributed by atoms with Crippen molar-refractivity contribution in [1.82, 2.24) is 0 Å². The second kappa shape index (κ2) is 12.6. The lowest BCUT2D eigenvalue weighted by atomic mass is 10.1. The molecule has 0 spiro atoms. The van der Waals surface area contributed by atoms with E-state index in [-0.39, 0.29) is 0 Å². The highest BCUT2D eigenvalue weighted by Crippen LogP contribution is 2.26. The molecule has 0 aromatic heterocycles. The van der Waals surface area contributed by atoms with Crippen molar-refractivity contribution in [3.8, 4) is 5.75 Å². The highest BCUT2D eigenvalue weighted by Gasteiger charge is 2.02. The predicted octanol–water partition coefficient (Wildman–Crippen LogP) is 7.33. The Bertz CT molecular complexity index is 698. The molecular weight excluding hydrogens is 400 g/mol. The molecule has 4 heteroatoms. The van der Waals surface area contributed by atoms with E-state index in [1.54, 1.807) is 0 Å². The smallest absolute Gasteiger partial charge is 0.133 e. The van der Waals surface area contributed by atoms with Crippen molar-refractivity contribution in [2.24, 2.45) is 5.10 Å². The van der Waals surface area contributed by atoms with Crippen LogP contribution in [-0.4, -0.2) is 12.8 Å². The van der Waals surface area contributed by atoms with Crippen molar-refractivity contribution in [1.29, 1.82) is 0 Å². The lowest BCUT2D eigenvalue weighted by Gasteiger charge is -2.09. The van der Waals surface area contributed by atoms with Gasteiger partial charge >= 0.3 is 0 Å². The number of hydrazone groups is 1. The highest BCUT2D eigenvalue weighted by molar-refractivity contribution is 9.10. The number of hydrogen-bond donors (Lipinski definition) is 1. The van der Waals surface area contributed by atoms with E-state index in [9.17, 15) is 0 Å². The summed E-state index contributed by atoms with van der Waals surface area (Å²) in [6.45, 7) is 5.10. The van der Waals surface area contributed by atoms with E-state index in [2.05, 4.69) is 52.4 Å². The molecule has 0 fully saturated rings. The third-order valence-electron chi connectivity index (χ3n) is 4.42.